The summed E-state index contributed by atoms with van der Waals surface area (Å²) in [6.45, 7) is 6.96. The van der Waals surface area contributed by atoms with Gasteiger partial charge in [-0.05, 0) is 85.4 Å². The largest absolute Gasteiger partial charge is 0.417 e. The van der Waals surface area contributed by atoms with Crippen LogP contribution in [0.25, 0.3) is 0 Å². The Labute approximate surface area is 166 Å². The molecule has 2 N–H and O–H groups in total. The number of allylic oxidation sites excluding steroid dienone is 1. The average molecular weight is 401 g/mol. The van der Waals surface area contributed by atoms with Gasteiger partial charge >= 0.3 is 6.18 Å². The van der Waals surface area contributed by atoms with Crippen LogP contribution in [0.15, 0.2) is 11.6 Å². The van der Waals surface area contributed by atoms with Crippen molar-refractivity contribution in [2.45, 2.75) is 83.9 Å². The first-order chi connectivity index (χ1) is 13.0. The van der Waals surface area contributed by atoms with Crippen molar-refractivity contribution in [3.63, 3.8) is 0 Å². The van der Waals surface area contributed by atoms with Gasteiger partial charge in [-0.2, -0.15) is 13.2 Å². The Hall–Kier alpha value is -0.550. The predicted molar refractivity (Wildman–Crippen MR) is 102 cm³/mol. The molecule has 8 atom stereocenters. The van der Waals surface area contributed by atoms with Crippen LogP contribution in [0.3, 0.4) is 0 Å². The highest BCUT2D eigenvalue weighted by molar-refractivity contribution is 5.27. The summed E-state index contributed by atoms with van der Waals surface area (Å²) < 4.78 is 40.3. The summed E-state index contributed by atoms with van der Waals surface area (Å²) in [7, 11) is 0. The summed E-state index contributed by atoms with van der Waals surface area (Å²) >= 11 is 0. The van der Waals surface area contributed by atoms with Crippen LogP contribution in [0.1, 0.15) is 72.1 Å². The van der Waals surface area contributed by atoms with Crippen molar-refractivity contribution in [3.8, 4) is 0 Å². The average Bonchev–Trinajstić information content (AvgIpc) is 2.98. The van der Waals surface area contributed by atoms with Gasteiger partial charge in [-0.1, -0.05) is 32.4 Å². The first kappa shape index (κ1) is 20.7. The summed E-state index contributed by atoms with van der Waals surface area (Å²) in [5, 5.41) is 20.0. The van der Waals surface area contributed by atoms with E-state index in [1.807, 2.05) is 0 Å². The van der Waals surface area contributed by atoms with Crippen LogP contribution >= 0.6 is 0 Å². The molecule has 0 amide bonds. The molecule has 160 valence electrons. The zero-order chi connectivity index (χ0) is 20.5. The van der Waals surface area contributed by atoms with E-state index in [-0.39, 0.29) is 30.3 Å². The fraction of sp³-hybridized carbons (Fsp3) is 0.913. The number of rotatable bonds is 2. The van der Waals surface area contributed by atoms with E-state index in [9.17, 15) is 23.4 Å². The molecule has 0 radical (unpaired) electrons. The van der Waals surface area contributed by atoms with Crippen molar-refractivity contribution in [1.82, 2.24) is 0 Å². The van der Waals surface area contributed by atoms with Gasteiger partial charge in [0.25, 0.3) is 0 Å². The van der Waals surface area contributed by atoms with Crippen LogP contribution in [0.4, 0.5) is 13.2 Å². The molecule has 2 nitrogen and oxygen atoms in total. The van der Waals surface area contributed by atoms with E-state index in [1.165, 1.54) is 6.42 Å². The maximum atomic E-state index is 13.4. The molecule has 0 spiro atoms. The maximum absolute atomic E-state index is 13.4. The third-order valence-corrected chi connectivity index (χ3v) is 9.74. The second kappa shape index (κ2) is 6.47. The summed E-state index contributed by atoms with van der Waals surface area (Å²) in [6.07, 6.45) is 2.86. The van der Waals surface area contributed by atoms with Crippen LogP contribution in [-0.2, 0) is 0 Å². The molecule has 0 heterocycles. The van der Waals surface area contributed by atoms with Crippen LogP contribution < -0.4 is 0 Å². The van der Waals surface area contributed by atoms with Gasteiger partial charge < -0.3 is 10.2 Å². The second-order valence-electron chi connectivity index (χ2n) is 10.9. The van der Waals surface area contributed by atoms with Crippen LogP contribution in [-0.4, -0.2) is 28.6 Å². The second-order valence-corrected chi connectivity index (χ2v) is 10.9. The highest BCUT2D eigenvalue weighted by Gasteiger charge is 2.63. The molecule has 4 unspecified atom stereocenters. The molecule has 0 saturated heterocycles. The van der Waals surface area contributed by atoms with Gasteiger partial charge in [-0.15, -0.1) is 0 Å². The lowest BCUT2D eigenvalue weighted by Crippen LogP contribution is -2.55. The van der Waals surface area contributed by atoms with Crippen molar-refractivity contribution in [3.05, 3.63) is 11.6 Å². The summed E-state index contributed by atoms with van der Waals surface area (Å²) in [5.41, 5.74) is -1.67. The monoisotopic (exact) mass is 400 g/mol. The van der Waals surface area contributed by atoms with E-state index in [0.29, 0.717) is 36.0 Å². The lowest BCUT2D eigenvalue weighted by molar-refractivity contribution is -0.271. The number of aliphatic hydroxyl groups is 2. The molecular formula is C23H35F3O2. The number of hydrogen-bond donors (Lipinski definition) is 2. The summed E-state index contributed by atoms with van der Waals surface area (Å²) in [5.74, 6) is 2.41. The first-order valence-electron chi connectivity index (χ1n) is 11.1. The molecule has 3 saturated carbocycles. The molecule has 28 heavy (non-hydrogen) atoms. The SMILES string of the molecule is C[C@H](CO)C1CC[C@H]2C3CC=C4C[C@](O)(C(F)(F)F)CCC4(C)[C@H]3CCC12C. The Morgan fingerprint density at radius 1 is 1.11 bits per heavy atom. The van der Waals surface area contributed by atoms with Crippen molar-refractivity contribution in [1.29, 1.82) is 0 Å². The Morgan fingerprint density at radius 3 is 2.46 bits per heavy atom. The molecule has 4 aliphatic rings. The van der Waals surface area contributed by atoms with Crippen molar-refractivity contribution in [2.24, 2.45) is 40.4 Å². The van der Waals surface area contributed by atoms with Crippen molar-refractivity contribution < 1.29 is 23.4 Å². The van der Waals surface area contributed by atoms with Crippen LogP contribution in [0.2, 0.25) is 0 Å². The van der Waals surface area contributed by atoms with Gasteiger partial charge in [-0.25, -0.2) is 0 Å². The third-order valence-electron chi connectivity index (χ3n) is 9.74. The molecule has 0 aliphatic heterocycles. The molecule has 5 heteroatoms. The number of hydrogen-bond acceptors (Lipinski definition) is 2. The summed E-state index contributed by atoms with van der Waals surface area (Å²) in [4.78, 5) is 0. The minimum atomic E-state index is -4.56. The Morgan fingerprint density at radius 2 is 1.82 bits per heavy atom. The molecular weight excluding hydrogens is 365 g/mol. The lowest BCUT2D eigenvalue weighted by Gasteiger charge is -2.59. The highest BCUT2D eigenvalue weighted by Crippen LogP contribution is 2.68. The minimum Gasteiger partial charge on any atom is -0.396 e. The van der Waals surface area contributed by atoms with Crippen LogP contribution in [0, 0.1) is 40.4 Å². The molecule has 4 rings (SSSR count). The summed E-state index contributed by atoms with van der Waals surface area (Å²) in [6, 6.07) is 0. The van der Waals surface area contributed by atoms with Crippen LogP contribution in [0.5, 0.6) is 0 Å². The molecule has 0 aromatic heterocycles. The molecule has 0 aromatic rings. The number of fused-ring (bicyclic) bond motifs is 5. The topological polar surface area (TPSA) is 40.5 Å². The highest BCUT2D eigenvalue weighted by atomic mass is 19.4. The van der Waals surface area contributed by atoms with E-state index >= 15 is 0 Å². The normalized spacial score (nSPS) is 49.6. The van der Waals surface area contributed by atoms with E-state index in [2.05, 4.69) is 26.8 Å². The maximum Gasteiger partial charge on any atom is 0.417 e. The van der Waals surface area contributed by atoms with Crippen molar-refractivity contribution >= 4 is 0 Å². The predicted octanol–water partition coefficient (Wildman–Crippen LogP) is 5.49. The van der Waals surface area contributed by atoms with E-state index < -0.39 is 11.8 Å². The van der Waals surface area contributed by atoms with Gasteiger partial charge in [0.2, 0.25) is 0 Å². The zero-order valence-corrected chi connectivity index (χ0v) is 17.4. The Kier molecular flexibility index (Phi) is 4.79. The van der Waals surface area contributed by atoms with Gasteiger partial charge in [0.1, 0.15) is 0 Å². The number of alkyl halides is 3. The zero-order valence-electron chi connectivity index (χ0n) is 17.4. The van der Waals surface area contributed by atoms with Gasteiger partial charge in [0.05, 0.1) is 0 Å². The Balaban J connectivity index is 1.62. The van der Waals surface area contributed by atoms with Gasteiger partial charge in [0, 0.05) is 13.0 Å². The van der Waals surface area contributed by atoms with E-state index in [4.69, 9.17) is 0 Å². The third kappa shape index (κ3) is 2.74. The quantitative estimate of drug-likeness (QED) is 0.602. The fourth-order valence-electron chi connectivity index (χ4n) is 7.99. The number of aliphatic hydroxyl groups excluding tert-OH is 1. The minimum absolute atomic E-state index is 0.181. The number of halogens is 3. The molecule has 0 aromatic carbocycles. The fourth-order valence-corrected chi connectivity index (χ4v) is 7.99. The first-order valence-corrected chi connectivity index (χ1v) is 11.1. The lowest BCUT2D eigenvalue weighted by atomic mass is 9.46. The van der Waals surface area contributed by atoms with Gasteiger partial charge in [0.15, 0.2) is 5.60 Å². The molecule has 4 aliphatic carbocycles. The van der Waals surface area contributed by atoms with E-state index in [1.54, 1.807) is 0 Å². The standard InChI is InChI=1S/C23H35F3O2/c1-14(13-27)17-6-7-18-16-5-4-15-12-22(28,23(24,25)26)11-10-20(15,2)19(16)8-9-21(17,18)3/h4,14,16-19,27-28H,5-13H2,1-3H3/t14-,16?,17?,18+,19+,20?,21?,22+/m1/s1. The molecule has 0 bridgehead atoms. The van der Waals surface area contributed by atoms with Crippen molar-refractivity contribution in [2.75, 3.05) is 6.61 Å². The Bertz CT molecular complexity index is 659. The smallest absolute Gasteiger partial charge is 0.396 e. The van der Waals surface area contributed by atoms with Gasteiger partial charge in [-0.3, -0.25) is 0 Å². The molecule has 3 fully saturated rings. The van der Waals surface area contributed by atoms with E-state index in [0.717, 1.165) is 31.3 Å².